The minimum Gasteiger partial charge on any atom is -0.354 e. The molecule has 1 aromatic heterocycles. The van der Waals surface area contributed by atoms with E-state index in [4.69, 9.17) is 12.2 Å². The Kier molecular flexibility index (Phi) is 4.23. The second kappa shape index (κ2) is 5.75. The zero-order valence-corrected chi connectivity index (χ0v) is 12.6. The Morgan fingerprint density at radius 1 is 1.45 bits per heavy atom. The van der Waals surface area contributed by atoms with Crippen molar-refractivity contribution in [1.82, 2.24) is 14.9 Å². The Morgan fingerprint density at radius 2 is 2.15 bits per heavy atom. The van der Waals surface area contributed by atoms with Gasteiger partial charge in [-0.25, -0.2) is 4.39 Å². The monoisotopic (exact) mass is 295 g/mol. The number of carbonyl (C=O) groups excluding carboxylic acids is 1. The lowest BCUT2D eigenvalue weighted by atomic mass is 10.2. The third-order valence-corrected chi connectivity index (χ3v) is 3.43. The van der Waals surface area contributed by atoms with E-state index in [1.165, 1.54) is 12.1 Å². The molecule has 0 spiro atoms. The predicted molar refractivity (Wildman–Crippen MR) is 79.6 cm³/mol. The molecular weight excluding hydrogens is 277 g/mol. The van der Waals surface area contributed by atoms with Crippen molar-refractivity contribution in [3.05, 3.63) is 28.8 Å². The van der Waals surface area contributed by atoms with Crippen molar-refractivity contribution in [1.29, 1.82) is 0 Å². The van der Waals surface area contributed by atoms with E-state index in [2.05, 4.69) is 10.3 Å². The van der Waals surface area contributed by atoms with Crippen LogP contribution in [0.4, 0.5) is 4.39 Å². The Bertz CT molecular complexity index is 689. The molecule has 108 valence electrons. The van der Waals surface area contributed by atoms with Gasteiger partial charge in [-0.2, -0.15) is 0 Å². The third kappa shape index (κ3) is 2.90. The molecule has 0 saturated carbocycles. The normalized spacial score (nSPS) is 12.8. The molecule has 2 N–H and O–H groups in total. The van der Waals surface area contributed by atoms with E-state index < -0.39 is 6.04 Å². The van der Waals surface area contributed by atoms with Crippen molar-refractivity contribution in [3.63, 3.8) is 0 Å². The topological polar surface area (TPSA) is 49.8 Å². The minimum absolute atomic E-state index is 0.125. The number of benzene rings is 1. The summed E-state index contributed by atoms with van der Waals surface area (Å²) in [6.45, 7) is 6.41. The highest BCUT2D eigenvalue weighted by atomic mass is 32.1. The molecule has 2 rings (SSSR count). The second-order valence-corrected chi connectivity index (χ2v) is 5.66. The van der Waals surface area contributed by atoms with Crippen molar-refractivity contribution in [2.75, 3.05) is 6.54 Å². The number of H-pyrrole nitrogens is 1. The summed E-state index contributed by atoms with van der Waals surface area (Å²) in [7, 11) is 0. The van der Waals surface area contributed by atoms with E-state index in [0.717, 1.165) is 5.52 Å². The van der Waals surface area contributed by atoms with E-state index in [1.54, 1.807) is 17.6 Å². The molecule has 2 aromatic rings. The van der Waals surface area contributed by atoms with Gasteiger partial charge in [-0.15, -0.1) is 0 Å². The van der Waals surface area contributed by atoms with Gasteiger partial charge in [0.15, 0.2) is 4.77 Å². The third-order valence-electron chi connectivity index (χ3n) is 3.13. The molecule has 20 heavy (non-hydrogen) atoms. The molecule has 0 aliphatic carbocycles. The highest BCUT2D eigenvalue weighted by molar-refractivity contribution is 7.71. The number of amides is 1. The van der Waals surface area contributed by atoms with Crippen LogP contribution in [0.1, 0.15) is 26.8 Å². The average molecular weight is 295 g/mol. The van der Waals surface area contributed by atoms with Crippen LogP contribution >= 0.6 is 12.2 Å². The molecule has 4 nitrogen and oxygen atoms in total. The van der Waals surface area contributed by atoms with Crippen LogP contribution in [0.15, 0.2) is 18.2 Å². The van der Waals surface area contributed by atoms with E-state index in [0.29, 0.717) is 22.8 Å². The van der Waals surface area contributed by atoms with Gasteiger partial charge < -0.3 is 14.9 Å². The van der Waals surface area contributed by atoms with Crippen LogP contribution in [0.25, 0.3) is 11.0 Å². The van der Waals surface area contributed by atoms with Crippen molar-refractivity contribution in [3.8, 4) is 0 Å². The van der Waals surface area contributed by atoms with Gasteiger partial charge in [0, 0.05) is 6.54 Å². The Labute approximate surface area is 122 Å². The number of halogens is 1. The fourth-order valence-electron chi connectivity index (χ4n) is 2.05. The van der Waals surface area contributed by atoms with Gasteiger partial charge in [-0.1, -0.05) is 13.8 Å². The van der Waals surface area contributed by atoms with E-state index in [1.807, 2.05) is 13.8 Å². The van der Waals surface area contributed by atoms with Crippen LogP contribution in [-0.4, -0.2) is 22.0 Å². The largest absolute Gasteiger partial charge is 0.354 e. The summed E-state index contributed by atoms with van der Waals surface area (Å²) in [5, 5.41) is 2.86. The molecule has 0 aliphatic heterocycles. The van der Waals surface area contributed by atoms with Crippen LogP contribution in [0, 0.1) is 16.5 Å². The second-order valence-electron chi connectivity index (χ2n) is 5.28. The molecule has 0 saturated heterocycles. The van der Waals surface area contributed by atoms with Gasteiger partial charge in [0.05, 0.1) is 11.0 Å². The summed E-state index contributed by atoms with van der Waals surface area (Å²) >= 11 is 5.23. The van der Waals surface area contributed by atoms with Gasteiger partial charge >= 0.3 is 0 Å². The standard InChI is InChI=1S/C14H18FN3OS/c1-8(2)7-16-13(19)9(3)18-12-6-10(15)4-5-11(12)17-14(18)20/h4-6,8-9H,7H2,1-3H3,(H,16,19)(H,17,20). The van der Waals surface area contributed by atoms with Crippen LogP contribution < -0.4 is 5.32 Å². The summed E-state index contributed by atoms with van der Waals surface area (Å²) in [5.74, 6) is -0.102. The molecular formula is C14H18FN3OS. The average Bonchev–Trinajstić information content (AvgIpc) is 2.70. The van der Waals surface area contributed by atoms with Gasteiger partial charge in [-0.05, 0) is 43.3 Å². The maximum Gasteiger partial charge on any atom is 0.242 e. The van der Waals surface area contributed by atoms with Crippen molar-refractivity contribution in [2.45, 2.75) is 26.8 Å². The summed E-state index contributed by atoms with van der Waals surface area (Å²) in [6, 6.07) is 3.88. The summed E-state index contributed by atoms with van der Waals surface area (Å²) in [4.78, 5) is 15.1. The lowest BCUT2D eigenvalue weighted by Crippen LogP contribution is -2.33. The van der Waals surface area contributed by atoms with Gasteiger partial charge in [0.2, 0.25) is 5.91 Å². The molecule has 1 amide bonds. The molecule has 6 heteroatoms. The molecule has 0 radical (unpaired) electrons. The Morgan fingerprint density at radius 3 is 2.80 bits per heavy atom. The summed E-state index contributed by atoms with van der Waals surface area (Å²) < 4.78 is 15.4. The molecule has 1 heterocycles. The molecule has 0 aliphatic rings. The highest BCUT2D eigenvalue weighted by Crippen LogP contribution is 2.20. The van der Waals surface area contributed by atoms with Gasteiger partial charge in [0.25, 0.3) is 0 Å². The molecule has 1 aromatic carbocycles. The number of fused-ring (bicyclic) bond motifs is 1. The number of hydrogen-bond acceptors (Lipinski definition) is 2. The first-order valence-electron chi connectivity index (χ1n) is 6.57. The minimum atomic E-state index is -0.489. The number of rotatable bonds is 4. The van der Waals surface area contributed by atoms with Gasteiger partial charge in [-0.3, -0.25) is 4.79 Å². The lowest BCUT2D eigenvalue weighted by Gasteiger charge is -2.15. The number of imidazole rings is 1. The predicted octanol–water partition coefficient (Wildman–Crippen LogP) is 3.17. The summed E-state index contributed by atoms with van der Waals surface area (Å²) in [6.07, 6.45) is 0. The summed E-state index contributed by atoms with van der Waals surface area (Å²) in [5.41, 5.74) is 1.32. The Balaban J connectivity index is 2.36. The van der Waals surface area contributed by atoms with Gasteiger partial charge in [0.1, 0.15) is 11.9 Å². The number of carbonyl (C=O) groups is 1. The fraction of sp³-hybridized carbons (Fsp3) is 0.429. The maximum atomic E-state index is 13.4. The number of hydrogen-bond donors (Lipinski definition) is 2. The Hall–Kier alpha value is -1.69. The quantitative estimate of drug-likeness (QED) is 0.851. The number of nitrogens with one attached hydrogen (secondary N) is 2. The fourth-order valence-corrected chi connectivity index (χ4v) is 2.42. The first kappa shape index (κ1) is 14.7. The number of nitrogens with zero attached hydrogens (tertiary/aromatic N) is 1. The van der Waals surface area contributed by atoms with Crippen molar-refractivity contribution in [2.24, 2.45) is 5.92 Å². The maximum absolute atomic E-state index is 13.4. The van der Waals surface area contributed by atoms with Crippen LogP contribution in [0.3, 0.4) is 0 Å². The van der Waals surface area contributed by atoms with Crippen LogP contribution in [0.2, 0.25) is 0 Å². The van der Waals surface area contributed by atoms with Crippen molar-refractivity contribution < 1.29 is 9.18 Å². The first-order chi connectivity index (χ1) is 9.40. The molecule has 0 bridgehead atoms. The zero-order valence-electron chi connectivity index (χ0n) is 11.7. The molecule has 1 unspecified atom stereocenters. The van der Waals surface area contributed by atoms with E-state index in [9.17, 15) is 9.18 Å². The SMILES string of the molecule is CC(C)CNC(=O)C(C)n1c(=S)[nH]c2ccc(F)cc21. The highest BCUT2D eigenvalue weighted by Gasteiger charge is 2.18. The number of aromatic nitrogens is 2. The van der Waals surface area contributed by atoms with E-state index in [-0.39, 0.29) is 11.7 Å². The van der Waals surface area contributed by atoms with Crippen LogP contribution in [0.5, 0.6) is 0 Å². The lowest BCUT2D eigenvalue weighted by molar-refractivity contribution is -0.123. The smallest absolute Gasteiger partial charge is 0.242 e. The number of aromatic amines is 1. The van der Waals surface area contributed by atoms with Crippen LogP contribution in [-0.2, 0) is 4.79 Å². The van der Waals surface area contributed by atoms with Crippen molar-refractivity contribution >= 4 is 29.2 Å². The zero-order chi connectivity index (χ0) is 14.9. The first-order valence-corrected chi connectivity index (χ1v) is 6.98. The molecule has 1 atom stereocenters. The molecule has 0 fully saturated rings. The van der Waals surface area contributed by atoms with E-state index >= 15 is 0 Å².